The van der Waals surface area contributed by atoms with Crippen molar-refractivity contribution in [3.05, 3.63) is 59.4 Å². The lowest BCUT2D eigenvalue weighted by molar-refractivity contribution is 0.0835. The normalized spacial score (nSPS) is 10.4. The molecule has 0 saturated heterocycles. The van der Waals surface area contributed by atoms with E-state index in [1.165, 1.54) is 12.1 Å². The van der Waals surface area contributed by atoms with Gasteiger partial charge in [0.1, 0.15) is 17.5 Å². The highest BCUT2D eigenvalue weighted by Gasteiger charge is 2.16. The molecule has 92 valence electrons. The number of benzene rings is 2. The SMILES string of the molecule is O=C(F)c1cc(F)c(-c2ccc(F)cc2)c(F)c1. The molecule has 0 atom stereocenters. The van der Waals surface area contributed by atoms with Crippen molar-refractivity contribution in [3.8, 4) is 11.1 Å². The highest BCUT2D eigenvalue weighted by Crippen LogP contribution is 2.27. The highest BCUT2D eigenvalue weighted by molar-refractivity contribution is 5.89. The molecule has 1 nitrogen and oxygen atoms in total. The van der Waals surface area contributed by atoms with Crippen LogP contribution in [0.5, 0.6) is 0 Å². The fourth-order valence-electron chi connectivity index (χ4n) is 1.58. The van der Waals surface area contributed by atoms with Crippen LogP contribution in [0.25, 0.3) is 11.1 Å². The maximum absolute atomic E-state index is 13.6. The van der Waals surface area contributed by atoms with Crippen LogP contribution in [0.2, 0.25) is 0 Å². The monoisotopic (exact) mass is 254 g/mol. The van der Waals surface area contributed by atoms with E-state index in [4.69, 9.17) is 0 Å². The van der Waals surface area contributed by atoms with Crippen molar-refractivity contribution in [2.24, 2.45) is 0 Å². The summed E-state index contributed by atoms with van der Waals surface area (Å²) < 4.78 is 52.3. The van der Waals surface area contributed by atoms with Crippen LogP contribution in [0.1, 0.15) is 10.4 Å². The van der Waals surface area contributed by atoms with Gasteiger partial charge in [0.25, 0.3) is 0 Å². The van der Waals surface area contributed by atoms with Crippen LogP contribution < -0.4 is 0 Å². The predicted molar refractivity (Wildman–Crippen MR) is 57.2 cm³/mol. The summed E-state index contributed by atoms with van der Waals surface area (Å²) in [4.78, 5) is 10.4. The second-order valence-corrected chi connectivity index (χ2v) is 3.60. The number of rotatable bonds is 2. The largest absolute Gasteiger partial charge is 0.332 e. The minimum Gasteiger partial charge on any atom is -0.255 e. The fraction of sp³-hybridized carbons (Fsp3) is 0. The first kappa shape index (κ1) is 12.3. The van der Waals surface area contributed by atoms with Crippen LogP contribution in [-0.4, -0.2) is 6.04 Å². The molecule has 0 spiro atoms. The van der Waals surface area contributed by atoms with Crippen molar-refractivity contribution < 1.29 is 22.4 Å². The van der Waals surface area contributed by atoms with E-state index in [2.05, 4.69) is 0 Å². The lowest BCUT2D eigenvalue weighted by Gasteiger charge is -2.06. The molecule has 5 heteroatoms. The lowest BCUT2D eigenvalue weighted by Crippen LogP contribution is -1.97. The van der Waals surface area contributed by atoms with E-state index < -0.39 is 34.6 Å². The van der Waals surface area contributed by atoms with E-state index in [1.807, 2.05) is 0 Å². The Morgan fingerprint density at radius 1 is 0.889 bits per heavy atom. The first-order chi connectivity index (χ1) is 8.49. The average molecular weight is 254 g/mol. The van der Waals surface area contributed by atoms with Gasteiger partial charge in [0, 0.05) is 0 Å². The summed E-state index contributed by atoms with van der Waals surface area (Å²) in [6.45, 7) is 0. The number of hydrogen-bond donors (Lipinski definition) is 0. The van der Waals surface area contributed by atoms with Crippen LogP contribution in [0.4, 0.5) is 17.6 Å². The summed E-state index contributed by atoms with van der Waals surface area (Å²) in [5.74, 6) is -2.71. The molecule has 0 aliphatic heterocycles. The fourth-order valence-corrected chi connectivity index (χ4v) is 1.58. The Labute approximate surface area is 99.7 Å². The summed E-state index contributed by atoms with van der Waals surface area (Å²) in [6.07, 6.45) is 0. The minimum atomic E-state index is -1.92. The summed E-state index contributed by atoms with van der Waals surface area (Å²) in [5.41, 5.74) is -1.03. The Kier molecular flexibility index (Phi) is 3.14. The van der Waals surface area contributed by atoms with Crippen LogP contribution >= 0.6 is 0 Å². The van der Waals surface area contributed by atoms with Gasteiger partial charge in [-0.2, -0.15) is 4.39 Å². The topological polar surface area (TPSA) is 17.1 Å². The summed E-state index contributed by atoms with van der Waals surface area (Å²) >= 11 is 0. The Hall–Kier alpha value is -2.17. The maximum atomic E-state index is 13.6. The van der Waals surface area contributed by atoms with Gasteiger partial charge in [-0.3, -0.25) is 4.79 Å². The molecule has 0 unspecified atom stereocenters. The van der Waals surface area contributed by atoms with Gasteiger partial charge in [-0.05, 0) is 29.8 Å². The molecule has 0 radical (unpaired) electrons. The molecule has 0 aliphatic rings. The number of halogens is 4. The van der Waals surface area contributed by atoms with Crippen molar-refractivity contribution in [1.82, 2.24) is 0 Å². The van der Waals surface area contributed by atoms with Crippen LogP contribution in [0.15, 0.2) is 36.4 Å². The molecule has 2 rings (SSSR count). The molecule has 18 heavy (non-hydrogen) atoms. The third-order valence-corrected chi connectivity index (χ3v) is 2.40. The van der Waals surface area contributed by atoms with Gasteiger partial charge < -0.3 is 0 Å². The molecule has 0 bridgehead atoms. The Morgan fingerprint density at radius 2 is 1.39 bits per heavy atom. The Balaban J connectivity index is 2.58. The third kappa shape index (κ3) is 2.25. The van der Waals surface area contributed by atoms with Crippen molar-refractivity contribution in [2.75, 3.05) is 0 Å². The standard InChI is InChI=1S/C13H6F4O/c14-9-3-1-7(2-4-9)12-10(15)5-8(13(17)18)6-11(12)16/h1-6H. The molecule has 0 N–H and O–H groups in total. The molecule has 0 amide bonds. The number of carbonyl (C=O) groups excluding carboxylic acids is 1. The van der Waals surface area contributed by atoms with Gasteiger partial charge in [0.2, 0.25) is 0 Å². The first-order valence-electron chi connectivity index (χ1n) is 4.94. The molecule has 0 saturated carbocycles. The van der Waals surface area contributed by atoms with Crippen molar-refractivity contribution in [2.45, 2.75) is 0 Å². The highest BCUT2D eigenvalue weighted by atomic mass is 19.1. The summed E-state index contributed by atoms with van der Waals surface area (Å²) in [7, 11) is 0. The molecule has 0 fully saturated rings. The molecule has 2 aromatic rings. The molecular formula is C13H6F4O. The lowest BCUT2D eigenvalue weighted by atomic mass is 10.0. The van der Waals surface area contributed by atoms with Crippen molar-refractivity contribution in [1.29, 1.82) is 0 Å². The van der Waals surface area contributed by atoms with Gasteiger partial charge in [-0.1, -0.05) is 12.1 Å². The quantitative estimate of drug-likeness (QED) is 0.587. The average Bonchev–Trinajstić information content (AvgIpc) is 2.30. The first-order valence-corrected chi connectivity index (χ1v) is 4.94. The predicted octanol–water partition coefficient (Wildman–Crippen LogP) is 3.88. The molecule has 2 aromatic carbocycles. The third-order valence-electron chi connectivity index (χ3n) is 2.40. The van der Waals surface area contributed by atoms with Gasteiger partial charge in [0.05, 0.1) is 11.1 Å². The summed E-state index contributed by atoms with van der Waals surface area (Å²) in [5, 5.41) is 0. The van der Waals surface area contributed by atoms with Crippen molar-refractivity contribution >= 4 is 6.04 Å². The zero-order chi connectivity index (χ0) is 13.3. The number of hydrogen-bond acceptors (Lipinski definition) is 1. The Morgan fingerprint density at radius 3 is 1.83 bits per heavy atom. The van der Waals surface area contributed by atoms with Crippen LogP contribution in [-0.2, 0) is 0 Å². The van der Waals surface area contributed by atoms with E-state index in [1.54, 1.807) is 0 Å². The van der Waals surface area contributed by atoms with Gasteiger partial charge in [-0.15, -0.1) is 0 Å². The molecule has 0 aliphatic carbocycles. The molecular weight excluding hydrogens is 248 g/mol. The second kappa shape index (κ2) is 4.60. The van der Waals surface area contributed by atoms with E-state index in [-0.39, 0.29) is 5.56 Å². The zero-order valence-electron chi connectivity index (χ0n) is 8.88. The second-order valence-electron chi connectivity index (χ2n) is 3.60. The van der Waals surface area contributed by atoms with E-state index >= 15 is 0 Å². The van der Waals surface area contributed by atoms with Gasteiger partial charge in [-0.25, -0.2) is 13.2 Å². The van der Waals surface area contributed by atoms with Gasteiger partial charge in [0.15, 0.2) is 0 Å². The van der Waals surface area contributed by atoms with E-state index in [0.29, 0.717) is 12.1 Å². The van der Waals surface area contributed by atoms with Crippen LogP contribution in [0.3, 0.4) is 0 Å². The smallest absolute Gasteiger partial charge is 0.255 e. The van der Waals surface area contributed by atoms with Crippen LogP contribution in [0, 0.1) is 17.5 Å². The summed E-state index contributed by atoms with van der Waals surface area (Å²) in [6, 6.07) is 3.75. The number of carbonyl (C=O) groups is 1. The molecule has 0 aromatic heterocycles. The van der Waals surface area contributed by atoms with Gasteiger partial charge >= 0.3 is 6.04 Å². The maximum Gasteiger partial charge on any atom is 0.332 e. The molecule has 0 heterocycles. The Bertz CT molecular complexity index is 582. The zero-order valence-corrected chi connectivity index (χ0v) is 8.88. The van der Waals surface area contributed by atoms with Crippen molar-refractivity contribution in [3.63, 3.8) is 0 Å². The van der Waals surface area contributed by atoms with E-state index in [9.17, 15) is 22.4 Å². The van der Waals surface area contributed by atoms with E-state index in [0.717, 1.165) is 12.1 Å². The minimum absolute atomic E-state index is 0.101.